The molecule has 0 unspecified atom stereocenters. The lowest BCUT2D eigenvalue weighted by atomic mass is 9.96. The van der Waals surface area contributed by atoms with Gasteiger partial charge in [0.05, 0.1) is 11.8 Å². The number of rotatable bonds is 5. The van der Waals surface area contributed by atoms with E-state index in [1.807, 2.05) is 9.58 Å². The van der Waals surface area contributed by atoms with Gasteiger partial charge in [0.15, 0.2) is 0 Å². The van der Waals surface area contributed by atoms with Crippen LogP contribution < -0.4 is 5.32 Å². The van der Waals surface area contributed by atoms with Crippen molar-refractivity contribution in [2.45, 2.75) is 36.9 Å². The number of piperidine rings is 1. The highest BCUT2D eigenvalue weighted by atomic mass is 32.2. The van der Waals surface area contributed by atoms with Gasteiger partial charge in [-0.1, -0.05) is 11.8 Å². The SMILES string of the molecule is CNC(=O)C1CCN(C(=O)CSc2nnnn2C2CC2)CC1. The first-order valence-corrected chi connectivity index (χ1v) is 8.57. The molecule has 1 aromatic heterocycles. The highest BCUT2D eigenvalue weighted by Crippen LogP contribution is 2.36. The molecule has 2 heterocycles. The van der Waals surface area contributed by atoms with E-state index < -0.39 is 0 Å². The first-order chi connectivity index (χ1) is 10.7. The summed E-state index contributed by atoms with van der Waals surface area (Å²) in [5, 5.41) is 15.0. The molecule has 1 N–H and O–H groups in total. The maximum atomic E-state index is 12.3. The van der Waals surface area contributed by atoms with Crippen LogP contribution in [-0.2, 0) is 9.59 Å². The molecule has 0 bridgehead atoms. The molecule has 0 atom stereocenters. The van der Waals surface area contributed by atoms with Crippen molar-refractivity contribution in [3.05, 3.63) is 0 Å². The molecule has 2 amide bonds. The predicted octanol–water partition coefficient (Wildman–Crippen LogP) is 0.0847. The second-order valence-electron chi connectivity index (χ2n) is 5.70. The Kier molecular flexibility index (Phi) is 4.60. The summed E-state index contributed by atoms with van der Waals surface area (Å²) in [7, 11) is 1.65. The van der Waals surface area contributed by atoms with Gasteiger partial charge in [0.2, 0.25) is 17.0 Å². The Bertz CT molecular complexity index is 550. The molecule has 0 radical (unpaired) electrons. The molecule has 8 nitrogen and oxygen atoms in total. The van der Waals surface area contributed by atoms with E-state index in [0.717, 1.165) is 30.8 Å². The number of carbonyl (C=O) groups is 2. The highest BCUT2D eigenvalue weighted by Gasteiger charge is 2.29. The van der Waals surface area contributed by atoms with E-state index in [-0.39, 0.29) is 17.7 Å². The molecule has 0 spiro atoms. The van der Waals surface area contributed by atoms with Crippen molar-refractivity contribution in [2.24, 2.45) is 5.92 Å². The van der Waals surface area contributed by atoms with Crippen LogP contribution in [0.4, 0.5) is 0 Å². The molecule has 9 heteroatoms. The molecule has 2 fully saturated rings. The van der Waals surface area contributed by atoms with Crippen LogP contribution in [0.5, 0.6) is 0 Å². The molecule has 0 aromatic carbocycles. The number of thioether (sulfide) groups is 1. The highest BCUT2D eigenvalue weighted by molar-refractivity contribution is 7.99. The van der Waals surface area contributed by atoms with Gasteiger partial charge in [0.1, 0.15) is 0 Å². The number of hydrogen-bond donors (Lipinski definition) is 1. The van der Waals surface area contributed by atoms with Crippen molar-refractivity contribution in [3.63, 3.8) is 0 Å². The van der Waals surface area contributed by atoms with Crippen molar-refractivity contribution in [2.75, 3.05) is 25.9 Å². The third kappa shape index (κ3) is 3.40. The van der Waals surface area contributed by atoms with Gasteiger partial charge >= 0.3 is 0 Å². The third-order valence-corrected chi connectivity index (χ3v) is 5.06. The van der Waals surface area contributed by atoms with Gasteiger partial charge in [0, 0.05) is 26.1 Å². The summed E-state index contributed by atoms with van der Waals surface area (Å²) in [6.07, 6.45) is 3.69. The first kappa shape index (κ1) is 15.3. The standard InChI is InChI=1S/C13H20N6O2S/c1-14-12(21)9-4-6-18(7-5-9)11(20)8-22-13-15-16-17-19(13)10-2-3-10/h9-10H,2-8H2,1H3,(H,14,21). The quantitative estimate of drug-likeness (QED) is 0.771. The molecule has 22 heavy (non-hydrogen) atoms. The largest absolute Gasteiger partial charge is 0.359 e. The normalized spacial score (nSPS) is 19.2. The van der Waals surface area contributed by atoms with Crippen molar-refractivity contribution < 1.29 is 9.59 Å². The summed E-state index contributed by atoms with van der Waals surface area (Å²) >= 11 is 1.39. The number of tetrazole rings is 1. The van der Waals surface area contributed by atoms with Crippen LogP contribution in [0.3, 0.4) is 0 Å². The Morgan fingerprint density at radius 2 is 2.00 bits per heavy atom. The summed E-state index contributed by atoms with van der Waals surface area (Å²) in [5.41, 5.74) is 0. The van der Waals surface area contributed by atoms with E-state index in [2.05, 4.69) is 20.8 Å². The zero-order valence-corrected chi connectivity index (χ0v) is 13.4. The minimum atomic E-state index is 0.0314. The zero-order chi connectivity index (χ0) is 15.5. The summed E-state index contributed by atoms with van der Waals surface area (Å²) < 4.78 is 1.82. The van der Waals surface area contributed by atoms with Gasteiger partial charge in [-0.3, -0.25) is 9.59 Å². The second-order valence-corrected chi connectivity index (χ2v) is 6.64. The van der Waals surface area contributed by atoms with Crippen LogP contribution in [0.15, 0.2) is 5.16 Å². The number of carbonyl (C=O) groups excluding carboxylic acids is 2. The summed E-state index contributed by atoms with van der Waals surface area (Å²) in [5.74, 6) is 0.539. The lowest BCUT2D eigenvalue weighted by Crippen LogP contribution is -2.43. The maximum Gasteiger partial charge on any atom is 0.233 e. The summed E-state index contributed by atoms with van der Waals surface area (Å²) in [4.78, 5) is 25.7. The van der Waals surface area contributed by atoms with Crippen molar-refractivity contribution >= 4 is 23.6 Å². The third-order valence-electron chi connectivity index (χ3n) is 4.14. The Morgan fingerprint density at radius 3 is 2.64 bits per heavy atom. The molecular formula is C13H20N6O2S. The fraction of sp³-hybridized carbons (Fsp3) is 0.769. The van der Waals surface area contributed by atoms with E-state index in [1.54, 1.807) is 7.05 Å². The fourth-order valence-corrected chi connectivity index (χ4v) is 3.49. The Hall–Kier alpha value is -1.64. The molecule has 1 aliphatic heterocycles. The number of nitrogens with zero attached hydrogens (tertiary/aromatic N) is 5. The first-order valence-electron chi connectivity index (χ1n) is 7.59. The van der Waals surface area contributed by atoms with Crippen molar-refractivity contribution in [1.82, 2.24) is 30.4 Å². The Morgan fingerprint density at radius 1 is 1.27 bits per heavy atom. The Balaban J connectivity index is 1.46. The van der Waals surface area contributed by atoms with Gasteiger partial charge in [-0.25, -0.2) is 4.68 Å². The summed E-state index contributed by atoms with van der Waals surface area (Å²) in [6.45, 7) is 1.29. The van der Waals surface area contributed by atoms with E-state index in [0.29, 0.717) is 24.9 Å². The molecule has 3 rings (SSSR count). The molecule has 1 aliphatic carbocycles. The van der Waals surface area contributed by atoms with Crippen LogP contribution in [0.25, 0.3) is 0 Å². The molecule has 1 saturated heterocycles. The molecule has 1 saturated carbocycles. The zero-order valence-electron chi connectivity index (χ0n) is 12.6. The van der Waals surface area contributed by atoms with Crippen LogP contribution in [0.2, 0.25) is 0 Å². The maximum absolute atomic E-state index is 12.3. The van der Waals surface area contributed by atoms with Crippen LogP contribution in [0.1, 0.15) is 31.7 Å². The van der Waals surface area contributed by atoms with Crippen molar-refractivity contribution in [1.29, 1.82) is 0 Å². The van der Waals surface area contributed by atoms with Gasteiger partial charge in [-0.05, 0) is 36.1 Å². The van der Waals surface area contributed by atoms with Gasteiger partial charge in [0.25, 0.3) is 0 Å². The molecule has 2 aliphatic rings. The minimum Gasteiger partial charge on any atom is -0.359 e. The number of aromatic nitrogens is 4. The monoisotopic (exact) mass is 324 g/mol. The van der Waals surface area contributed by atoms with Gasteiger partial charge in [-0.15, -0.1) is 5.10 Å². The lowest BCUT2D eigenvalue weighted by molar-refractivity contribution is -0.133. The topological polar surface area (TPSA) is 93.0 Å². The van der Waals surface area contributed by atoms with Crippen LogP contribution in [-0.4, -0.2) is 62.8 Å². The van der Waals surface area contributed by atoms with Gasteiger partial charge < -0.3 is 10.2 Å². The average molecular weight is 324 g/mol. The number of likely N-dealkylation sites (tertiary alicyclic amines) is 1. The Labute approximate surface area is 133 Å². The van der Waals surface area contributed by atoms with Gasteiger partial charge in [-0.2, -0.15) is 0 Å². The van der Waals surface area contributed by atoms with E-state index >= 15 is 0 Å². The number of hydrogen-bond acceptors (Lipinski definition) is 6. The smallest absolute Gasteiger partial charge is 0.233 e. The second kappa shape index (κ2) is 6.64. The molecular weight excluding hydrogens is 304 g/mol. The van der Waals surface area contributed by atoms with Crippen molar-refractivity contribution in [3.8, 4) is 0 Å². The predicted molar refractivity (Wildman–Crippen MR) is 80.2 cm³/mol. The molecule has 120 valence electrons. The van der Waals surface area contributed by atoms with E-state index in [1.165, 1.54) is 11.8 Å². The van der Waals surface area contributed by atoms with Crippen LogP contribution >= 0.6 is 11.8 Å². The van der Waals surface area contributed by atoms with E-state index in [9.17, 15) is 9.59 Å². The van der Waals surface area contributed by atoms with Crippen LogP contribution in [0, 0.1) is 5.92 Å². The number of nitrogens with one attached hydrogen (secondary N) is 1. The van der Waals surface area contributed by atoms with E-state index in [4.69, 9.17) is 0 Å². The average Bonchev–Trinajstić information content (AvgIpc) is 3.30. The lowest BCUT2D eigenvalue weighted by Gasteiger charge is -2.31. The fourth-order valence-electron chi connectivity index (χ4n) is 2.64. The minimum absolute atomic E-state index is 0.0314. The molecule has 1 aromatic rings. The summed E-state index contributed by atoms with van der Waals surface area (Å²) in [6, 6.07) is 0.413. The number of amides is 2.